The number of likely N-dealkylation sites (N-methyl/N-ethyl adjacent to an activating group) is 1. The number of hydrogen-bond donors (Lipinski definition) is 0. The van der Waals surface area contributed by atoms with Crippen molar-refractivity contribution in [1.29, 1.82) is 0 Å². The van der Waals surface area contributed by atoms with Gasteiger partial charge < -0.3 is 9.47 Å². The molecule has 0 N–H and O–H groups in total. The Bertz CT molecular complexity index is 986. The van der Waals surface area contributed by atoms with E-state index in [9.17, 15) is 22.4 Å². The standard InChI is InChI=1S/C18H22FN3O4S/c1-4-21(11-14-6-5-7-15(19)10-14)18(24)13-22-12-16(8-9-17(22)23)27(25,26)20(2)3/h5-10,12H,4,11,13H2,1-3H3. The molecule has 0 saturated heterocycles. The van der Waals surface area contributed by atoms with Crippen LogP contribution in [0, 0.1) is 5.82 Å². The number of carbonyl (C=O) groups excluding carboxylic acids is 1. The summed E-state index contributed by atoms with van der Waals surface area (Å²) < 4.78 is 39.9. The second-order valence-corrected chi connectivity index (χ2v) is 8.31. The van der Waals surface area contributed by atoms with Gasteiger partial charge in [-0.3, -0.25) is 9.59 Å². The average molecular weight is 395 g/mol. The first kappa shape index (κ1) is 20.8. The molecule has 0 aliphatic heterocycles. The van der Waals surface area contributed by atoms with Crippen LogP contribution in [0.25, 0.3) is 0 Å². The number of aromatic nitrogens is 1. The molecule has 2 aromatic rings. The number of rotatable bonds is 7. The van der Waals surface area contributed by atoms with Gasteiger partial charge >= 0.3 is 0 Å². The summed E-state index contributed by atoms with van der Waals surface area (Å²) in [6, 6.07) is 8.25. The molecule has 0 aliphatic rings. The van der Waals surface area contributed by atoms with Crippen LogP contribution in [0.5, 0.6) is 0 Å². The molecule has 1 heterocycles. The molecule has 1 amide bonds. The van der Waals surface area contributed by atoms with Crippen molar-refractivity contribution in [3.8, 4) is 0 Å². The van der Waals surface area contributed by atoms with Crippen LogP contribution < -0.4 is 5.56 Å². The number of nitrogens with zero attached hydrogens (tertiary/aromatic N) is 3. The molecule has 9 heteroatoms. The second kappa shape index (κ2) is 8.45. The Kier molecular flexibility index (Phi) is 6.50. The highest BCUT2D eigenvalue weighted by atomic mass is 32.2. The van der Waals surface area contributed by atoms with Crippen LogP contribution in [0.3, 0.4) is 0 Å². The maximum Gasteiger partial charge on any atom is 0.251 e. The molecule has 27 heavy (non-hydrogen) atoms. The van der Waals surface area contributed by atoms with E-state index in [2.05, 4.69) is 0 Å². The molecule has 7 nitrogen and oxygen atoms in total. The van der Waals surface area contributed by atoms with Gasteiger partial charge in [-0.1, -0.05) is 12.1 Å². The van der Waals surface area contributed by atoms with Crippen LogP contribution in [0.1, 0.15) is 12.5 Å². The predicted molar refractivity (Wildman–Crippen MR) is 99.1 cm³/mol. The Morgan fingerprint density at radius 2 is 1.89 bits per heavy atom. The van der Waals surface area contributed by atoms with Gasteiger partial charge in [-0.05, 0) is 30.7 Å². The third-order valence-corrected chi connectivity index (χ3v) is 5.84. The summed E-state index contributed by atoms with van der Waals surface area (Å²) in [6.07, 6.45) is 1.16. The molecule has 2 rings (SSSR count). The first-order valence-corrected chi connectivity index (χ1v) is 9.74. The van der Waals surface area contributed by atoms with E-state index in [0.29, 0.717) is 12.1 Å². The van der Waals surface area contributed by atoms with Crippen LogP contribution in [-0.4, -0.2) is 48.7 Å². The molecule has 0 spiro atoms. The number of hydrogen-bond acceptors (Lipinski definition) is 4. The molecule has 0 aliphatic carbocycles. The highest BCUT2D eigenvalue weighted by molar-refractivity contribution is 7.89. The zero-order valence-corrected chi connectivity index (χ0v) is 16.2. The van der Waals surface area contributed by atoms with E-state index in [1.165, 1.54) is 37.2 Å². The number of benzene rings is 1. The molecular weight excluding hydrogens is 373 g/mol. The van der Waals surface area contributed by atoms with Gasteiger partial charge in [-0.2, -0.15) is 0 Å². The third-order valence-electron chi connectivity index (χ3n) is 4.04. The van der Waals surface area contributed by atoms with Gasteiger partial charge in [0.25, 0.3) is 5.56 Å². The number of carbonyl (C=O) groups is 1. The molecule has 0 bridgehead atoms. The van der Waals surface area contributed by atoms with E-state index >= 15 is 0 Å². The molecule has 1 aromatic carbocycles. The van der Waals surface area contributed by atoms with Gasteiger partial charge in [0.05, 0.1) is 4.90 Å². The Balaban J connectivity index is 2.24. The van der Waals surface area contributed by atoms with Crippen molar-refractivity contribution < 1.29 is 17.6 Å². The van der Waals surface area contributed by atoms with E-state index in [-0.39, 0.29) is 23.9 Å². The number of halogens is 1. The number of pyridine rings is 1. The van der Waals surface area contributed by atoms with Crippen molar-refractivity contribution in [3.63, 3.8) is 0 Å². The average Bonchev–Trinajstić information content (AvgIpc) is 2.61. The summed E-state index contributed by atoms with van der Waals surface area (Å²) in [5.74, 6) is -0.767. The molecule has 0 radical (unpaired) electrons. The minimum absolute atomic E-state index is 0.0759. The van der Waals surface area contributed by atoms with Gasteiger partial charge in [-0.15, -0.1) is 0 Å². The van der Waals surface area contributed by atoms with E-state index in [4.69, 9.17) is 0 Å². The third kappa shape index (κ3) is 5.01. The summed E-state index contributed by atoms with van der Waals surface area (Å²) in [5, 5.41) is 0. The molecule has 0 unspecified atom stereocenters. The lowest BCUT2D eigenvalue weighted by molar-refractivity contribution is -0.132. The molecule has 0 saturated carbocycles. The maximum atomic E-state index is 13.3. The fraction of sp³-hybridized carbons (Fsp3) is 0.333. The summed E-state index contributed by atoms with van der Waals surface area (Å²) >= 11 is 0. The second-order valence-electron chi connectivity index (χ2n) is 6.16. The largest absolute Gasteiger partial charge is 0.337 e. The minimum Gasteiger partial charge on any atom is -0.337 e. The summed E-state index contributed by atoms with van der Waals surface area (Å²) in [5.41, 5.74) is 0.143. The Morgan fingerprint density at radius 3 is 2.48 bits per heavy atom. The molecule has 0 atom stereocenters. The van der Waals surface area contributed by atoms with Crippen LogP contribution >= 0.6 is 0 Å². The molecule has 146 valence electrons. The fourth-order valence-corrected chi connectivity index (χ4v) is 3.40. The molecule has 1 aromatic heterocycles. The van der Waals surface area contributed by atoms with E-state index in [0.717, 1.165) is 21.1 Å². The lowest BCUT2D eigenvalue weighted by atomic mass is 10.2. The Morgan fingerprint density at radius 1 is 1.19 bits per heavy atom. The van der Waals surface area contributed by atoms with Crippen molar-refractivity contribution in [2.75, 3.05) is 20.6 Å². The monoisotopic (exact) mass is 395 g/mol. The van der Waals surface area contributed by atoms with Crippen LogP contribution in [0.15, 0.2) is 52.3 Å². The fourth-order valence-electron chi connectivity index (χ4n) is 2.47. The van der Waals surface area contributed by atoms with E-state index in [1.54, 1.807) is 19.1 Å². The zero-order valence-electron chi connectivity index (χ0n) is 15.4. The highest BCUT2D eigenvalue weighted by Gasteiger charge is 2.20. The van der Waals surface area contributed by atoms with Crippen molar-refractivity contribution in [3.05, 3.63) is 64.3 Å². The Hall–Kier alpha value is -2.52. The molecule has 0 fully saturated rings. The summed E-state index contributed by atoms with van der Waals surface area (Å²) in [4.78, 5) is 26.0. The SMILES string of the molecule is CCN(Cc1cccc(F)c1)C(=O)Cn1cc(S(=O)(=O)N(C)C)ccc1=O. The summed E-state index contributed by atoms with van der Waals surface area (Å²) in [6.45, 7) is 2.02. The topological polar surface area (TPSA) is 79.7 Å². The zero-order chi connectivity index (χ0) is 20.2. The predicted octanol–water partition coefficient (Wildman–Crippen LogP) is 1.29. The minimum atomic E-state index is -3.72. The van der Waals surface area contributed by atoms with Gasteiger partial charge in [-0.25, -0.2) is 17.1 Å². The van der Waals surface area contributed by atoms with Crippen molar-refractivity contribution in [2.45, 2.75) is 24.9 Å². The molecular formula is C18H22FN3O4S. The van der Waals surface area contributed by atoms with Gasteiger partial charge in [0.2, 0.25) is 15.9 Å². The number of sulfonamides is 1. The van der Waals surface area contributed by atoms with E-state index in [1.807, 2.05) is 0 Å². The number of amides is 1. The smallest absolute Gasteiger partial charge is 0.251 e. The quantitative estimate of drug-likeness (QED) is 0.708. The summed E-state index contributed by atoms with van der Waals surface area (Å²) in [7, 11) is -0.959. The normalized spacial score (nSPS) is 11.6. The van der Waals surface area contributed by atoms with E-state index < -0.39 is 21.4 Å². The lowest BCUT2D eigenvalue weighted by Crippen LogP contribution is -2.36. The van der Waals surface area contributed by atoms with Gasteiger partial charge in [0.15, 0.2) is 0 Å². The maximum absolute atomic E-state index is 13.3. The highest BCUT2D eigenvalue weighted by Crippen LogP contribution is 2.11. The first-order valence-electron chi connectivity index (χ1n) is 8.30. The first-order chi connectivity index (χ1) is 12.6. The van der Waals surface area contributed by atoms with Crippen molar-refractivity contribution in [2.24, 2.45) is 0 Å². The van der Waals surface area contributed by atoms with Crippen LogP contribution in [-0.2, 0) is 27.9 Å². The van der Waals surface area contributed by atoms with Crippen molar-refractivity contribution >= 4 is 15.9 Å². The Labute approximate surface area is 157 Å². The van der Waals surface area contributed by atoms with Crippen LogP contribution in [0.4, 0.5) is 4.39 Å². The van der Waals surface area contributed by atoms with Crippen molar-refractivity contribution in [1.82, 2.24) is 13.8 Å². The van der Waals surface area contributed by atoms with Gasteiger partial charge in [0, 0.05) is 39.4 Å². The van der Waals surface area contributed by atoms with Gasteiger partial charge in [0.1, 0.15) is 12.4 Å². The lowest BCUT2D eigenvalue weighted by Gasteiger charge is -2.22. The van der Waals surface area contributed by atoms with Crippen LogP contribution in [0.2, 0.25) is 0 Å².